The van der Waals surface area contributed by atoms with Gasteiger partial charge in [0.1, 0.15) is 0 Å². The molecule has 0 atom stereocenters. The number of aromatic nitrogens is 3. The van der Waals surface area contributed by atoms with Crippen molar-refractivity contribution >= 4 is 40.8 Å². The van der Waals surface area contributed by atoms with Crippen LogP contribution in [0.5, 0.6) is 0 Å². The molecule has 4 rings (SSSR count). The molecule has 0 saturated heterocycles. The average Bonchev–Trinajstić information content (AvgIpc) is 3.35. The summed E-state index contributed by atoms with van der Waals surface area (Å²) in [5.74, 6) is 0.851. The lowest BCUT2D eigenvalue weighted by Crippen LogP contribution is -2.38. The Hall–Kier alpha value is -2.94. The van der Waals surface area contributed by atoms with Crippen LogP contribution in [0, 0.1) is 0 Å². The summed E-state index contributed by atoms with van der Waals surface area (Å²) in [5, 5.41) is 12.2. The summed E-state index contributed by atoms with van der Waals surface area (Å²) in [7, 11) is 0. The van der Waals surface area contributed by atoms with Crippen molar-refractivity contribution in [2.45, 2.75) is 19.8 Å². The average molecular weight is 540 g/mol. The second-order valence-corrected chi connectivity index (χ2v) is 7.30. The number of benzene rings is 2. The van der Waals surface area contributed by atoms with Crippen molar-refractivity contribution in [1.29, 1.82) is 0 Å². The lowest BCUT2D eigenvalue weighted by Gasteiger charge is -2.12. The SMILES string of the molecule is CCNC(=NCCc1cccc2cccnc12)NCCc1ccc(-n2cccn2)cc1.I. The van der Waals surface area contributed by atoms with Gasteiger partial charge in [-0.25, -0.2) is 4.68 Å². The van der Waals surface area contributed by atoms with E-state index in [2.05, 4.69) is 76.2 Å². The number of fused-ring (bicyclic) bond motifs is 1. The van der Waals surface area contributed by atoms with E-state index >= 15 is 0 Å². The number of nitrogens with one attached hydrogen (secondary N) is 2. The molecule has 7 heteroatoms. The number of hydrogen-bond donors (Lipinski definition) is 2. The van der Waals surface area contributed by atoms with E-state index in [-0.39, 0.29) is 24.0 Å². The number of para-hydroxylation sites is 1. The predicted molar refractivity (Wildman–Crippen MR) is 142 cm³/mol. The molecule has 6 nitrogen and oxygen atoms in total. The molecular formula is C25H29IN6. The first-order valence-electron chi connectivity index (χ1n) is 10.8. The van der Waals surface area contributed by atoms with Gasteiger partial charge in [-0.15, -0.1) is 24.0 Å². The smallest absolute Gasteiger partial charge is 0.191 e. The van der Waals surface area contributed by atoms with Crippen molar-refractivity contribution < 1.29 is 0 Å². The number of hydrogen-bond acceptors (Lipinski definition) is 3. The van der Waals surface area contributed by atoms with Crippen molar-refractivity contribution in [2.75, 3.05) is 19.6 Å². The Bertz CT molecular complexity index is 1120. The van der Waals surface area contributed by atoms with Gasteiger partial charge in [0.2, 0.25) is 0 Å². The number of nitrogens with zero attached hydrogens (tertiary/aromatic N) is 4. The third-order valence-electron chi connectivity index (χ3n) is 5.12. The fourth-order valence-corrected chi connectivity index (χ4v) is 3.56. The molecule has 4 aromatic rings. The Morgan fingerprint density at radius 1 is 0.938 bits per heavy atom. The molecule has 32 heavy (non-hydrogen) atoms. The number of aliphatic imine (C=N–C) groups is 1. The normalized spacial score (nSPS) is 11.2. The summed E-state index contributed by atoms with van der Waals surface area (Å²) < 4.78 is 1.86. The summed E-state index contributed by atoms with van der Waals surface area (Å²) in [6.45, 7) is 4.45. The van der Waals surface area contributed by atoms with Crippen LogP contribution in [0.2, 0.25) is 0 Å². The Labute approximate surface area is 206 Å². The van der Waals surface area contributed by atoms with Crippen LogP contribution >= 0.6 is 24.0 Å². The Morgan fingerprint density at radius 3 is 2.56 bits per heavy atom. The molecule has 0 unspecified atom stereocenters. The molecule has 0 spiro atoms. The van der Waals surface area contributed by atoms with Crippen LogP contribution in [0.3, 0.4) is 0 Å². The first kappa shape index (κ1) is 23.7. The molecule has 2 N–H and O–H groups in total. The molecule has 0 radical (unpaired) electrons. The molecule has 2 heterocycles. The van der Waals surface area contributed by atoms with Crippen LogP contribution in [0.25, 0.3) is 16.6 Å². The maximum absolute atomic E-state index is 4.75. The Balaban J connectivity index is 0.00000289. The van der Waals surface area contributed by atoms with Gasteiger partial charge < -0.3 is 10.6 Å². The fourth-order valence-electron chi connectivity index (χ4n) is 3.56. The molecular weight excluding hydrogens is 511 g/mol. The monoisotopic (exact) mass is 540 g/mol. The molecule has 0 aliphatic heterocycles. The summed E-state index contributed by atoms with van der Waals surface area (Å²) in [5.41, 5.74) is 4.65. The number of guanidine groups is 1. The van der Waals surface area contributed by atoms with Crippen LogP contribution in [-0.4, -0.2) is 40.4 Å². The molecule has 0 fully saturated rings. The van der Waals surface area contributed by atoms with Crippen LogP contribution in [0.4, 0.5) is 0 Å². The van der Waals surface area contributed by atoms with Gasteiger partial charge in [-0.3, -0.25) is 9.98 Å². The highest BCUT2D eigenvalue weighted by molar-refractivity contribution is 14.0. The standard InChI is InChI=1S/C25H28N6.HI/c1-2-26-25(29-18-14-22-7-3-6-21-8-4-15-27-24(21)22)28-17-13-20-9-11-23(12-10-20)31-19-5-16-30-31;/h3-12,15-16,19H,2,13-14,17-18H2,1H3,(H2,26,28,29);1H. The van der Waals surface area contributed by atoms with Crippen molar-refractivity contribution in [1.82, 2.24) is 25.4 Å². The summed E-state index contributed by atoms with van der Waals surface area (Å²) in [4.78, 5) is 9.29. The second kappa shape index (κ2) is 12.2. The zero-order valence-corrected chi connectivity index (χ0v) is 20.6. The molecule has 0 saturated carbocycles. The Kier molecular flexibility index (Phi) is 9.03. The van der Waals surface area contributed by atoms with Crippen LogP contribution < -0.4 is 10.6 Å². The van der Waals surface area contributed by atoms with Gasteiger partial charge >= 0.3 is 0 Å². The minimum absolute atomic E-state index is 0. The van der Waals surface area contributed by atoms with Gasteiger partial charge in [0.15, 0.2) is 5.96 Å². The second-order valence-electron chi connectivity index (χ2n) is 7.30. The van der Waals surface area contributed by atoms with Gasteiger partial charge in [-0.2, -0.15) is 5.10 Å². The van der Waals surface area contributed by atoms with Crippen LogP contribution in [0.1, 0.15) is 18.1 Å². The minimum atomic E-state index is 0. The van der Waals surface area contributed by atoms with Gasteiger partial charge in [-0.1, -0.05) is 36.4 Å². The molecule has 0 bridgehead atoms. The zero-order valence-electron chi connectivity index (χ0n) is 18.2. The van der Waals surface area contributed by atoms with Crippen LogP contribution in [-0.2, 0) is 12.8 Å². The molecule has 2 aromatic heterocycles. The predicted octanol–water partition coefficient (Wildman–Crippen LogP) is 4.38. The maximum atomic E-state index is 4.75. The quantitative estimate of drug-likeness (QED) is 0.198. The summed E-state index contributed by atoms with van der Waals surface area (Å²) in [6, 6.07) is 20.8. The molecule has 0 amide bonds. The van der Waals surface area contributed by atoms with E-state index in [1.807, 2.05) is 29.2 Å². The third-order valence-corrected chi connectivity index (χ3v) is 5.12. The molecule has 0 aliphatic carbocycles. The third kappa shape index (κ3) is 6.29. The highest BCUT2D eigenvalue weighted by atomic mass is 127. The van der Waals surface area contributed by atoms with E-state index in [1.54, 1.807) is 6.20 Å². The van der Waals surface area contributed by atoms with Crippen molar-refractivity contribution in [3.63, 3.8) is 0 Å². The van der Waals surface area contributed by atoms with E-state index < -0.39 is 0 Å². The lowest BCUT2D eigenvalue weighted by molar-refractivity contribution is 0.796. The first-order valence-corrected chi connectivity index (χ1v) is 10.8. The van der Waals surface area contributed by atoms with Crippen molar-refractivity contribution in [3.8, 4) is 5.69 Å². The van der Waals surface area contributed by atoms with Gasteiger partial charge in [-0.05, 0) is 55.2 Å². The topological polar surface area (TPSA) is 67.1 Å². The minimum Gasteiger partial charge on any atom is -0.357 e. The maximum Gasteiger partial charge on any atom is 0.191 e. The van der Waals surface area contributed by atoms with Crippen LogP contribution in [0.15, 0.2) is 84.2 Å². The summed E-state index contributed by atoms with van der Waals surface area (Å²) in [6.07, 6.45) is 7.37. The number of rotatable bonds is 8. The van der Waals surface area contributed by atoms with E-state index in [1.165, 1.54) is 16.5 Å². The van der Waals surface area contributed by atoms with E-state index in [0.717, 1.165) is 43.1 Å². The lowest BCUT2D eigenvalue weighted by atomic mass is 10.1. The summed E-state index contributed by atoms with van der Waals surface area (Å²) >= 11 is 0. The van der Waals surface area contributed by atoms with Gasteiger partial charge in [0.05, 0.1) is 11.2 Å². The van der Waals surface area contributed by atoms with E-state index in [0.29, 0.717) is 6.54 Å². The Morgan fingerprint density at radius 2 is 1.78 bits per heavy atom. The first-order chi connectivity index (χ1) is 15.3. The zero-order chi connectivity index (χ0) is 21.3. The molecule has 0 aliphatic rings. The van der Waals surface area contributed by atoms with Crippen molar-refractivity contribution in [2.24, 2.45) is 4.99 Å². The van der Waals surface area contributed by atoms with E-state index in [9.17, 15) is 0 Å². The number of pyridine rings is 1. The van der Waals surface area contributed by atoms with E-state index in [4.69, 9.17) is 4.99 Å². The highest BCUT2D eigenvalue weighted by Crippen LogP contribution is 2.16. The molecule has 2 aromatic carbocycles. The highest BCUT2D eigenvalue weighted by Gasteiger charge is 2.03. The fraction of sp³-hybridized carbons (Fsp3) is 0.240. The van der Waals surface area contributed by atoms with Gasteiger partial charge in [0, 0.05) is 43.6 Å². The number of halogens is 1. The van der Waals surface area contributed by atoms with Crippen molar-refractivity contribution in [3.05, 3.63) is 90.4 Å². The largest absolute Gasteiger partial charge is 0.357 e. The molecule has 166 valence electrons. The van der Waals surface area contributed by atoms with Gasteiger partial charge in [0.25, 0.3) is 0 Å².